The summed E-state index contributed by atoms with van der Waals surface area (Å²) in [5, 5.41) is 3.11. The number of ether oxygens (including phenoxy) is 2. The van der Waals surface area contributed by atoms with Crippen LogP contribution in [0.25, 0.3) is 0 Å². The van der Waals surface area contributed by atoms with Crippen molar-refractivity contribution < 1.29 is 14.3 Å². The molecule has 1 aromatic heterocycles. The molecule has 0 aliphatic carbocycles. The highest BCUT2D eigenvalue weighted by molar-refractivity contribution is 6.32. The van der Waals surface area contributed by atoms with Crippen molar-refractivity contribution in [3.05, 3.63) is 18.5 Å². The summed E-state index contributed by atoms with van der Waals surface area (Å²) in [7, 11) is 7.00. The highest BCUT2D eigenvalue weighted by Crippen LogP contribution is 2.16. The van der Waals surface area contributed by atoms with Crippen molar-refractivity contribution in [3.63, 3.8) is 0 Å². The van der Waals surface area contributed by atoms with Crippen molar-refractivity contribution in [3.8, 4) is 5.75 Å². The molecule has 1 aromatic rings. The summed E-state index contributed by atoms with van der Waals surface area (Å²) in [6, 6.07) is 1.51. The number of hydrogen-bond acceptors (Lipinski definition) is 5. The van der Waals surface area contributed by atoms with Gasteiger partial charge in [-0.15, -0.1) is 0 Å². The van der Waals surface area contributed by atoms with E-state index in [-0.39, 0.29) is 17.9 Å². The van der Waals surface area contributed by atoms with E-state index >= 15 is 0 Å². The number of carbonyl (C=O) groups is 1. The molecule has 0 unspecified atom stereocenters. The van der Waals surface area contributed by atoms with Gasteiger partial charge in [0.05, 0.1) is 19.9 Å². The van der Waals surface area contributed by atoms with E-state index < -0.39 is 0 Å². The van der Waals surface area contributed by atoms with Gasteiger partial charge in [-0.1, -0.05) is 5.46 Å². The van der Waals surface area contributed by atoms with Gasteiger partial charge in [-0.05, 0) is 12.5 Å². The van der Waals surface area contributed by atoms with Gasteiger partial charge in [-0.25, -0.2) is 0 Å². The Balaban J connectivity index is 1.80. The number of aromatic nitrogens is 1. The topological polar surface area (TPSA) is 60.5 Å². The highest BCUT2D eigenvalue weighted by Gasteiger charge is 2.30. The van der Waals surface area contributed by atoms with Gasteiger partial charge in [0.15, 0.2) is 0 Å². The van der Waals surface area contributed by atoms with Gasteiger partial charge < -0.3 is 14.8 Å². The SMILES string of the molecule is [B]c1cncc(OC[C@H]2CN[C@H](C(=O)OC)C2)c1. The second kappa shape index (κ2) is 5.86. The summed E-state index contributed by atoms with van der Waals surface area (Å²) in [4.78, 5) is 15.3. The van der Waals surface area contributed by atoms with Crippen LogP contribution < -0.4 is 15.5 Å². The zero-order valence-electron chi connectivity index (χ0n) is 10.3. The molecule has 5 nitrogen and oxygen atoms in total. The van der Waals surface area contributed by atoms with E-state index in [1.807, 2.05) is 0 Å². The first-order chi connectivity index (χ1) is 8.69. The summed E-state index contributed by atoms with van der Waals surface area (Å²) in [6.45, 7) is 1.28. The molecule has 1 saturated heterocycles. The van der Waals surface area contributed by atoms with Crippen LogP contribution in [0.1, 0.15) is 6.42 Å². The lowest BCUT2D eigenvalue weighted by Crippen LogP contribution is -2.31. The lowest BCUT2D eigenvalue weighted by Gasteiger charge is -2.11. The van der Waals surface area contributed by atoms with Gasteiger partial charge in [-0.2, -0.15) is 0 Å². The summed E-state index contributed by atoms with van der Waals surface area (Å²) in [5.74, 6) is 0.718. The standard InChI is InChI=1S/C12H15BN2O3/c1-17-12(16)11-2-8(4-15-11)7-18-10-3-9(13)5-14-6-10/h3,5-6,8,11,15H,2,4,7H2,1H3/t8-,11+/m1/s1. The lowest BCUT2D eigenvalue weighted by atomic mass is 9.99. The summed E-state index contributed by atoms with van der Waals surface area (Å²) in [6.07, 6.45) is 3.91. The first-order valence-electron chi connectivity index (χ1n) is 5.83. The molecule has 1 N–H and O–H groups in total. The van der Waals surface area contributed by atoms with Gasteiger partial charge >= 0.3 is 5.97 Å². The molecule has 18 heavy (non-hydrogen) atoms. The third-order valence-corrected chi connectivity index (χ3v) is 2.93. The van der Waals surface area contributed by atoms with E-state index in [9.17, 15) is 4.79 Å². The number of esters is 1. The number of nitrogens with one attached hydrogen (secondary N) is 1. The van der Waals surface area contributed by atoms with E-state index in [1.165, 1.54) is 7.11 Å². The van der Waals surface area contributed by atoms with Gasteiger partial charge in [0, 0.05) is 18.7 Å². The number of rotatable bonds is 4. The number of carbonyl (C=O) groups excluding carboxylic acids is 1. The number of nitrogens with zero attached hydrogens (tertiary/aromatic N) is 1. The molecule has 2 radical (unpaired) electrons. The van der Waals surface area contributed by atoms with Crippen LogP contribution in [0.5, 0.6) is 5.75 Å². The average Bonchev–Trinajstić information content (AvgIpc) is 2.84. The van der Waals surface area contributed by atoms with Crippen LogP contribution in [0.4, 0.5) is 0 Å². The van der Waals surface area contributed by atoms with Gasteiger partial charge in [-0.3, -0.25) is 9.78 Å². The Morgan fingerprint density at radius 3 is 3.17 bits per heavy atom. The maximum atomic E-state index is 11.3. The van der Waals surface area contributed by atoms with E-state index in [1.54, 1.807) is 18.5 Å². The molecule has 0 spiro atoms. The van der Waals surface area contributed by atoms with Gasteiger partial charge in [0.2, 0.25) is 0 Å². The van der Waals surface area contributed by atoms with Crippen LogP contribution in [0.3, 0.4) is 0 Å². The quantitative estimate of drug-likeness (QED) is 0.568. The molecule has 94 valence electrons. The minimum absolute atomic E-state index is 0.219. The maximum Gasteiger partial charge on any atom is 0.322 e. The molecule has 1 aliphatic rings. The first kappa shape index (κ1) is 12.9. The fourth-order valence-corrected chi connectivity index (χ4v) is 1.99. The Labute approximate surface area is 107 Å². The van der Waals surface area contributed by atoms with Crippen LogP contribution in [0, 0.1) is 5.92 Å². The first-order valence-corrected chi connectivity index (χ1v) is 5.83. The van der Waals surface area contributed by atoms with Crippen LogP contribution in [-0.4, -0.2) is 45.1 Å². The fourth-order valence-electron chi connectivity index (χ4n) is 1.99. The largest absolute Gasteiger partial charge is 0.492 e. The van der Waals surface area contributed by atoms with Crippen molar-refractivity contribution in [1.29, 1.82) is 0 Å². The molecule has 0 amide bonds. The zero-order chi connectivity index (χ0) is 13.0. The van der Waals surface area contributed by atoms with Crippen LogP contribution in [0.15, 0.2) is 18.5 Å². The second-order valence-corrected chi connectivity index (χ2v) is 4.35. The monoisotopic (exact) mass is 246 g/mol. The average molecular weight is 246 g/mol. The molecule has 1 fully saturated rings. The Morgan fingerprint density at radius 2 is 2.44 bits per heavy atom. The molecule has 1 aliphatic heterocycles. The van der Waals surface area contributed by atoms with Crippen molar-refractivity contribution in [2.45, 2.75) is 12.5 Å². The maximum absolute atomic E-state index is 11.3. The summed E-state index contributed by atoms with van der Waals surface area (Å²) in [5.41, 5.74) is 0.574. The molecule has 2 rings (SSSR count). The Hall–Kier alpha value is -1.56. The van der Waals surface area contributed by atoms with Crippen LogP contribution in [-0.2, 0) is 9.53 Å². The van der Waals surface area contributed by atoms with Crippen molar-refractivity contribution in [2.24, 2.45) is 5.92 Å². The Bertz CT molecular complexity index is 428. The molecule has 0 saturated carbocycles. The lowest BCUT2D eigenvalue weighted by molar-refractivity contribution is -0.142. The molecule has 2 heterocycles. The van der Waals surface area contributed by atoms with E-state index in [4.69, 9.17) is 17.3 Å². The van der Waals surface area contributed by atoms with Gasteiger partial charge in [0.1, 0.15) is 19.6 Å². The Kier molecular flexibility index (Phi) is 4.20. The third-order valence-electron chi connectivity index (χ3n) is 2.93. The second-order valence-electron chi connectivity index (χ2n) is 4.35. The summed E-state index contributed by atoms with van der Waals surface area (Å²) >= 11 is 0. The number of hydrogen-bond donors (Lipinski definition) is 1. The predicted molar refractivity (Wildman–Crippen MR) is 67.0 cm³/mol. The van der Waals surface area contributed by atoms with Gasteiger partial charge in [0.25, 0.3) is 0 Å². The molecular weight excluding hydrogens is 231 g/mol. The molecule has 6 heteroatoms. The molecular formula is C12H15BN2O3. The highest BCUT2D eigenvalue weighted by atomic mass is 16.5. The summed E-state index contributed by atoms with van der Waals surface area (Å²) < 4.78 is 10.3. The van der Waals surface area contributed by atoms with Crippen molar-refractivity contribution in [1.82, 2.24) is 10.3 Å². The molecule has 0 bridgehead atoms. The van der Waals surface area contributed by atoms with Crippen LogP contribution >= 0.6 is 0 Å². The third kappa shape index (κ3) is 3.23. The smallest absolute Gasteiger partial charge is 0.322 e. The predicted octanol–water partition coefficient (Wildman–Crippen LogP) is -0.595. The minimum Gasteiger partial charge on any atom is -0.492 e. The van der Waals surface area contributed by atoms with Crippen molar-refractivity contribution in [2.75, 3.05) is 20.3 Å². The van der Waals surface area contributed by atoms with E-state index in [2.05, 4.69) is 10.3 Å². The van der Waals surface area contributed by atoms with Crippen LogP contribution in [0.2, 0.25) is 0 Å². The van der Waals surface area contributed by atoms with E-state index in [0.29, 0.717) is 17.8 Å². The van der Waals surface area contributed by atoms with Crippen molar-refractivity contribution >= 4 is 19.3 Å². The molecule has 0 aromatic carbocycles. The van der Waals surface area contributed by atoms with E-state index in [0.717, 1.165) is 13.0 Å². The Morgan fingerprint density at radius 1 is 1.61 bits per heavy atom. The fraction of sp³-hybridized carbons (Fsp3) is 0.500. The number of methoxy groups -OCH3 is 1. The minimum atomic E-state index is -0.220. The normalized spacial score (nSPS) is 22.7. The zero-order valence-corrected chi connectivity index (χ0v) is 10.3. The number of pyridine rings is 1. The molecule has 2 atom stereocenters.